The molecule has 0 aromatic heterocycles. The van der Waals surface area contributed by atoms with Crippen LogP contribution in [0.25, 0.3) is 0 Å². The summed E-state index contributed by atoms with van der Waals surface area (Å²) in [6, 6.07) is -1.07. The summed E-state index contributed by atoms with van der Waals surface area (Å²) in [5, 5.41) is 12.0. The minimum absolute atomic E-state index is 0.562. The normalized spacial score (nSPS) is 13.1. The lowest BCUT2D eigenvalue weighted by atomic mass is 10.3. The van der Waals surface area contributed by atoms with Gasteiger partial charge in [-0.15, -0.1) is 0 Å². The Morgan fingerprint density at radius 1 is 1.40 bits per heavy atom. The van der Waals surface area contributed by atoms with Gasteiger partial charge in [0.05, 0.1) is 6.42 Å². The number of amides is 2. The number of carboxylic acid groups (broad SMARTS) is 1. The van der Waals surface area contributed by atoms with Gasteiger partial charge in [-0.2, -0.15) is 13.2 Å². The summed E-state index contributed by atoms with van der Waals surface area (Å²) in [6.07, 6.45) is -6.89. The first-order valence-electron chi connectivity index (χ1n) is 4.06. The number of hydrogen-bond donors (Lipinski definition) is 3. The average molecular weight is 228 g/mol. The number of carbonyl (C=O) groups is 2. The highest BCUT2D eigenvalue weighted by Gasteiger charge is 2.27. The predicted octanol–water partition coefficient (Wildman–Crippen LogP) is 0.711. The maximum atomic E-state index is 11.7. The molecule has 0 bridgehead atoms. The van der Waals surface area contributed by atoms with E-state index in [1.54, 1.807) is 0 Å². The van der Waals surface area contributed by atoms with Crippen LogP contribution < -0.4 is 10.6 Å². The van der Waals surface area contributed by atoms with Gasteiger partial charge in [0.2, 0.25) is 5.91 Å². The summed E-state index contributed by atoms with van der Waals surface area (Å²) in [4.78, 5) is 21.0. The molecule has 0 radical (unpaired) electrons. The van der Waals surface area contributed by atoms with E-state index in [1.165, 1.54) is 6.92 Å². The number of rotatable bonds is 4. The van der Waals surface area contributed by atoms with Crippen LogP contribution in [0.5, 0.6) is 0 Å². The molecule has 0 spiro atoms. The minimum Gasteiger partial charge on any atom is -0.465 e. The molecule has 8 heteroatoms. The molecule has 15 heavy (non-hydrogen) atoms. The second-order valence-electron chi connectivity index (χ2n) is 2.83. The lowest BCUT2D eigenvalue weighted by Crippen LogP contribution is -2.45. The molecule has 1 atom stereocenters. The van der Waals surface area contributed by atoms with E-state index in [1.807, 2.05) is 10.6 Å². The van der Waals surface area contributed by atoms with Crippen molar-refractivity contribution in [3.05, 3.63) is 0 Å². The van der Waals surface area contributed by atoms with Gasteiger partial charge in [-0.3, -0.25) is 4.79 Å². The van der Waals surface area contributed by atoms with Gasteiger partial charge >= 0.3 is 12.3 Å². The van der Waals surface area contributed by atoms with Gasteiger partial charge in [0.1, 0.15) is 6.04 Å². The van der Waals surface area contributed by atoms with E-state index in [2.05, 4.69) is 0 Å². The Balaban J connectivity index is 3.79. The highest BCUT2D eigenvalue weighted by Crippen LogP contribution is 2.17. The van der Waals surface area contributed by atoms with Crippen LogP contribution in [0.2, 0.25) is 0 Å². The van der Waals surface area contributed by atoms with Gasteiger partial charge in [0.15, 0.2) is 0 Å². The lowest BCUT2D eigenvalue weighted by Gasteiger charge is -2.12. The molecule has 0 heterocycles. The summed E-state index contributed by atoms with van der Waals surface area (Å²) in [7, 11) is 0. The maximum absolute atomic E-state index is 11.7. The Bertz CT molecular complexity index is 242. The van der Waals surface area contributed by atoms with E-state index >= 15 is 0 Å². The molecule has 0 saturated carbocycles. The first-order valence-corrected chi connectivity index (χ1v) is 4.06. The van der Waals surface area contributed by atoms with Crippen LogP contribution in [0.3, 0.4) is 0 Å². The molecular formula is C7H11F3N2O3. The summed E-state index contributed by atoms with van der Waals surface area (Å²) in [6.45, 7) is 0.672. The predicted molar refractivity (Wildman–Crippen MR) is 44.3 cm³/mol. The fraction of sp³-hybridized carbons (Fsp3) is 0.714. The zero-order valence-electron chi connectivity index (χ0n) is 7.89. The molecule has 1 unspecified atom stereocenters. The van der Waals surface area contributed by atoms with E-state index < -0.39 is 37.2 Å². The van der Waals surface area contributed by atoms with Crippen molar-refractivity contribution in [2.75, 3.05) is 6.54 Å². The van der Waals surface area contributed by atoms with Gasteiger partial charge in [0.25, 0.3) is 0 Å². The number of nitrogens with one attached hydrogen (secondary N) is 2. The van der Waals surface area contributed by atoms with Crippen LogP contribution in [0, 0.1) is 0 Å². The van der Waals surface area contributed by atoms with E-state index in [9.17, 15) is 22.8 Å². The fourth-order valence-electron chi connectivity index (χ4n) is 0.731. The van der Waals surface area contributed by atoms with Crippen molar-refractivity contribution in [3.8, 4) is 0 Å². The van der Waals surface area contributed by atoms with Crippen molar-refractivity contribution in [2.45, 2.75) is 25.6 Å². The van der Waals surface area contributed by atoms with Crippen LogP contribution in [0.1, 0.15) is 13.3 Å². The van der Waals surface area contributed by atoms with Gasteiger partial charge in [-0.05, 0) is 6.92 Å². The smallest absolute Gasteiger partial charge is 0.405 e. The number of halogens is 3. The van der Waals surface area contributed by atoms with Crippen molar-refractivity contribution in [3.63, 3.8) is 0 Å². The Morgan fingerprint density at radius 3 is 2.33 bits per heavy atom. The van der Waals surface area contributed by atoms with Crippen LogP contribution >= 0.6 is 0 Å². The van der Waals surface area contributed by atoms with Crippen LogP contribution in [-0.4, -0.2) is 35.9 Å². The molecule has 88 valence electrons. The Kier molecular flexibility index (Phi) is 4.89. The average Bonchev–Trinajstić information content (AvgIpc) is 2.00. The van der Waals surface area contributed by atoms with Crippen molar-refractivity contribution in [1.29, 1.82) is 0 Å². The first kappa shape index (κ1) is 13.5. The molecule has 0 aliphatic carbocycles. The maximum Gasteiger partial charge on any atom is 0.405 e. The van der Waals surface area contributed by atoms with E-state index in [-0.39, 0.29) is 0 Å². The molecule has 0 aliphatic heterocycles. The molecule has 5 nitrogen and oxygen atoms in total. The number of carbonyl (C=O) groups excluding carboxylic acids is 1. The molecule has 0 saturated heterocycles. The van der Waals surface area contributed by atoms with Crippen LogP contribution in [0.4, 0.5) is 18.0 Å². The van der Waals surface area contributed by atoms with E-state index in [4.69, 9.17) is 5.11 Å². The highest BCUT2D eigenvalue weighted by molar-refractivity contribution is 5.84. The quantitative estimate of drug-likeness (QED) is 0.663. The molecule has 0 aliphatic rings. The third-order valence-corrected chi connectivity index (χ3v) is 1.44. The summed E-state index contributed by atoms with van der Waals surface area (Å²) in [5.74, 6) is -0.790. The largest absolute Gasteiger partial charge is 0.465 e. The molecular weight excluding hydrogens is 217 g/mol. The van der Waals surface area contributed by atoms with Gasteiger partial charge in [-0.25, -0.2) is 4.79 Å². The molecule has 0 rings (SSSR count). The minimum atomic E-state index is -4.34. The van der Waals surface area contributed by atoms with Crippen molar-refractivity contribution in [1.82, 2.24) is 10.6 Å². The van der Waals surface area contributed by atoms with Crippen LogP contribution in [0.15, 0.2) is 0 Å². The third-order valence-electron chi connectivity index (χ3n) is 1.44. The van der Waals surface area contributed by atoms with Crippen molar-refractivity contribution in [2.24, 2.45) is 0 Å². The van der Waals surface area contributed by atoms with E-state index in [0.717, 1.165) is 0 Å². The summed E-state index contributed by atoms with van der Waals surface area (Å²) < 4.78 is 35.0. The Morgan fingerprint density at radius 2 is 1.93 bits per heavy atom. The third kappa shape index (κ3) is 7.59. The zero-order valence-corrected chi connectivity index (χ0v) is 7.89. The van der Waals surface area contributed by atoms with E-state index in [0.29, 0.717) is 0 Å². The monoisotopic (exact) mass is 228 g/mol. The topological polar surface area (TPSA) is 78.4 Å². The fourth-order valence-corrected chi connectivity index (χ4v) is 0.731. The molecule has 3 N–H and O–H groups in total. The second kappa shape index (κ2) is 5.42. The second-order valence-corrected chi connectivity index (χ2v) is 2.83. The zero-order chi connectivity index (χ0) is 12.1. The number of hydrogen-bond acceptors (Lipinski definition) is 2. The Labute approximate surface area is 83.6 Å². The first-order chi connectivity index (χ1) is 6.72. The van der Waals surface area contributed by atoms with Gasteiger partial charge < -0.3 is 15.7 Å². The Hall–Kier alpha value is -1.47. The molecule has 0 fully saturated rings. The van der Waals surface area contributed by atoms with Crippen LogP contribution in [-0.2, 0) is 4.79 Å². The van der Waals surface area contributed by atoms with Gasteiger partial charge in [0, 0.05) is 6.54 Å². The number of alkyl halides is 3. The lowest BCUT2D eigenvalue weighted by molar-refractivity contribution is -0.136. The van der Waals surface area contributed by atoms with Crippen molar-refractivity contribution < 1.29 is 27.9 Å². The molecule has 0 aromatic rings. The summed E-state index contributed by atoms with van der Waals surface area (Å²) in [5.41, 5.74) is 0. The van der Waals surface area contributed by atoms with Crippen molar-refractivity contribution >= 4 is 12.0 Å². The molecule has 0 aromatic carbocycles. The standard InChI is InChI=1S/C7H11F3N2O3/c1-4(12-6(14)15)5(13)11-3-2-7(8,9)10/h4,12H,2-3H2,1H3,(H,11,13)(H,14,15). The highest BCUT2D eigenvalue weighted by atomic mass is 19.4. The SMILES string of the molecule is CC(NC(=O)O)C(=O)NCCC(F)(F)F. The molecule has 2 amide bonds. The summed E-state index contributed by atoms with van der Waals surface area (Å²) >= 11 is 0. The van der Waals surface area contributed by atoms with Gasteiger partial charge in [-0.1, -0.05) is 0 Å².